The van der Waals surface area contributed by atoms with Crippen molar-refractivity contribution in [2.45, 2.75) is 13.0 Å². The highest BCUT2D eigenvalue weighted by Crippen LogP contribution is 2.37. The van der Waals surface area contributed by atoms with Gasteiger partial charge in [0, 0.05) is 0 Å². The first-order valence-electron chi connectivity index (χ1n) is 5.69. The molecular formula is C13H17NO4. The average molecular weight is 251 g/mol. The van der Waals surface area contributed by atoms with E-state index in [1.54, 1.807) is 0 Å². The summed E-state index contributed by atoms with van der Waals surface area (Å²) >= 11 is 0. The molecule has 0 bridgehead atoms. The lowest BCUT2D eigenvalue weighted by molar-refractivity contribution is -0.146. The molecule has 0 fully saturated rings. The Bertz CT molecular complexity index is 470. The fraction of sp³-hybridized carbons (Fsp3) is 0.462. The Labute approximate surface area is 106 Å². The Balaban J connectivity index is 2.45. The molecule has 1 aliphatic heterocycles. The number of nitrogens with zero attached hydrogens (tertiary/aromatic N) is 1. The van der Waals surface area contributed by atoms with Gasteiger partial charge in [0.15, 0.2) is 11.5 Å². The van der Waals surface area contributed by atoms with Crippen LogP contribution in [0.15, 0.2) is 12.1 Å². The van der Waals surface area contributed by atoms with Crippen LogP contribution in [0, 0.1) is 6.92 Å². The minimum atomic E-state index is -0.440. The van der Waals surface area contributed by atoms with Gasteiger partial charge >= 0.3 is 5.97 Å². The molecule has 5 nitrogen and oxygen atoms in total. The average Bonchev–Trinajstić information content (AvgIpc) is 2.75. The number of hydrogen-bond acceptors (Lipinski definition) is 5. The number of hydrogen-bond donors (Lipinski definition) is 0. The molecule has 0 aromatic heterocycles. The molecule has 0 saturated heterocycles. The molecule has 0 saturated carbocycles. The second kappa shape index (κ2) is 4.86. The molecule has 1 unspecified atom stereocenters. The number of fused-ring (bicyclic) bond motifs is 1. The second-order valence-electron chi connectivity index (χ2n) is 4.45. The number of carbonyl (C=O) groups excluding carboxylic acids is 1. The summed E-state index contributed by atoms with van der Waals surface area (Å²) in [4.78, 5) is 13.7. The van der Waals surface area contributed by atoms with E-state index in [4.69, 9.17) is 14.2 Å². The molecule has 98 valence electrons. The lowest BCUT2D eigenvalue weighted by Crippen LogP contribution is -2.29. The van der Waals surface area contributed by atoms with Crippen molar-refractivity contribution in [2.24, 2.45) is 0 Å². The molecule has 0 spiro atoms. The molecule has 1 aromatic carbocycles. The molecule has 2 rings (SSSR count). The van der Waals surface area contributed by atoms with E-state index in [1.807, 2.05) is 38.1 Å². The summed E-state index contributed by atoms with van der Waals surface area (Å²) in [7, 11) is 5.07. The molecule has 1 aliphatic rings. The zero-order valence-electron chi connectivity index (χ0n) is 11.0. The molecule has 5 heteroatoms. The van der Waals surface area contributed by atoms with Gasteiger partial charge in [0.05, 0.1) is 7.11 Å². The highest BCUT2D eigenvalue weighted by Gasteiger charge is 2.28. The zero-order valence-corrected chi connectivity index (χ0v) is 11.0. The van der Waals surface area contributed by atoms with E-state index in [0.29, 0.717) is 5.75 Å². The van der Waals surface area contributed by atoms with E-state index in [9.17, 15) is 4.79 Å². The summed E-state index contributed by atoms with van der Waals surface area (Å²) in [5.41, 5.74) is 1.85. The fourth-order valence-electron chi connectivity index (χ4n) is 2.08. The number of rotatable bonds is 3. The van der Waals surface area contributed by atoms with Gasteiger partial charge in [-0.15, -0.1) is 0 Å². The number of aryl methyl sites for hydroxylation is 1. The van der Waals surface area contributed by atoms with Crippen LogP contribution >= 0.6 is 0 Å². The summed E-state index contributed by atoms with van der Waals surface area (Å²) in [6, 6.07) is 3.29. The van der Waals surface area contributed by atoms with Crippen molar-refractivity contribution in [3.05, 3.63) is 23.3 Å². The van der Waals surface area contributed by atoms with Gasteiger partial charge < -0.3 is 14.2 Å². The number of ether oxygens (including phenoxy) is 3. The maximum Gasteiger partial charge on any atom is 0.327 e. The molecule has 1 aromatic rings. The highest BCUT2D eigenvalue weighted by molar-refractivity contribution is 5.78. The van der Waals surface area contributed by atoms with Gasteiger partial charge in [-0.2, -0.15) is 0 Å². The fourth-order valence-corrected chi connectivity index (χ4v) is 2.08. The standard InChI is InChI=1S/C13H17NO4/c1-8-5-10-11(18-7-17-10)6-9(8)12(14(2)3)13(15)16-4/h5-6,12H,7H2,1-4H3. The van der Waals surface area contributed by atoms with Crippen LogP contribution in [0.4, 0.5) is 0 Å². The number of methoxy groups -OCH3 is 1. The summed E-state index contributed by atoms with van der Waals surface area (Å²) in [6.45, 7) is 2.17. The number of carbonyl (C=O) groups is 1. The third kappa shape index (κ3) is 2.13. The first-order chi connectivity index (χ1) is 8.54. The predicted molar refractivity (Wildman–Crippen MR) is 65.7 cm³/mol. The van der Waals surface area contributed by atoms with Gasteiger partial charge in [0.25, 0.3) is 0 Å². The Morgan fingerprint density at radius 3 is 2.50 bits per heavy atom. The van der Waals surface area contributed by atoms with Gasteiger partial charge in [-0.05, 0) is 44.3 Å². The molecule has 0 amide bonds. The molecule has 0 radical (unpaired) electrons. The van der Waals surface area contributed by atoms with E-state index in [-0.39, 0.29) is 12.8 Å². The summed E-state index contributed by atoms with van der Waals surface area (Å²) in [6.07, 6.45) is 0. The van der Waals surface area contributed by atoms with Crippen molar-refractivity contribution < 1.29 is 19.0 Å². The Hall–Kier alpha value is -1.75. The van der Waals surface area contributed by atoms with Crippen molar-refractivity contribution in [1.82, 2.24) is 4.90 Å². The van der Waals surface area contributed by atoms with Gasteiger partial charge in [-0.1, -0.05) is 0 Å². The Morgan fingerprint density at radius 2 is 1.94 bits per heavy atom. The molecule has 0 N–H and O–H groups in total. The first-order valence-corrected chi connectivity index (χ1v) is 5.69. The maximum atomic E-state index is 11.9. The van der Waals surface area contributed by atoms with Crippen LogP contribution in [0.25, 0.3) is 0 Å². The molecule has 18 heavy (non-hydrogen) atoms. The Morgan fingerprint density at radius 1 is 1.33 bits per heavy atom. The van der Waals surface area contributed by atoms with Crippen LogP contribution in [0.2, 0.25) is 0 Å². The van der Waals surface area contributed by atoms with Gasteiger partial charge in [-0.25, -0.2) is 4.79 Å². The van der Waals surface area contributed by atoms with Crippen molar-refractivity contribution in [3.63, 3.8) is 0 Å². The van der Waals surface area contributed by atoms with E-state index < -0.39 is 6.04 Å². The lowest BCUT2D eigenvalue weighted by atomic mass is 9.99. The van der Waals surface area contributed by atoms with Crippen molar-refractivity contribution in [3.8, 4) is 11.5 Å². The predicted octanol–water partition coefficient (Wildman–Crippen LogP) is 1.50. The SMILES string of the molecule is COC(=O)C(c1cc2c(cc1C)OCO2)N(C)C. The van der Waals surface area contributed by atoms with Crippen molar-refractivity contribution in [1.29, 1.82) is 0 Å². The van der Waals surface area contributed by atoms with E-state index in [1.165, 1.54) is 7.11 Å². The van der Waals surface area contributed by atoms with Gasteiger partial charge in [-0.3, -0.25) is 4.90 Å². The smallest absolute Gasteiger partial charge is 0.327 e. The van der Waals surface area contributed by atoms with Crippen molar-refractivity contribution >= 4 is 5.97 Å². The van der Waals surface area contributed by atoms with Crippen LogP contribution in [0.5, 0.6) is 11.5 Å². The van der Waals surface area contributed by atoms with Crippen LogP contribution in [-0.2, 0) is 9.53 Å². The first kappa shape index (κ1) is 12.7. The normalized spacial score (nSPS) is 14.7. The van der Waals surface area contributed by atoms with Crippen LogP contribution in [-0.4, -0.2) is 38.9 Å². The quantitative estimate of drug-likeness (QED) is 0.762. The topological polar surface area (TPSA) is 48.0 Å². The molecular weight excluding hydrogens is 234 g/mol. The minimum Gasteiger partial charge on any atom is -0.468 e. The number of likely N-dealkylation sites (N-methyl/N-ethyl adjacent to an activating group) is 1. The van der Waals surface area contributed by atoms with Crippen LogP contribution in [0.1, 0.15) is 17.2 Å². The molecule has 1 atom stereocenters. The monoisotopic (exact) mass is 251 g/mol. The van der Waals surface area contributed by atoms with Crippen LogP contribution < -0.4 is 9.47 Å². The van der Waals surface area contributed by atoms with Crippen LogP contribution in [0.3, 0.4) is 0 Å². The van der Waals surface area contributed by atoms with E-state index >= 15 is 0 Å². The minimum absolute atomic E-state index is 0.225. The second-order valence-corrected chi connectivity index (χ2v) is 4.45. The summed E-state index contributed by atoms with van der Waals surface area (Å²) in [5, 5.41) is 0. The number of benzene rings is 1. The maximum absolute atomic E-state index is 11.9. The third-order valence-electron chi connectivity index (χ3n) is 3.00. The lowest BCUT2D eigenvalue weighted by Gasteiger charge is -2.23. The third-order valence-corrected chi connectivity index (χ3v) is 3.00. The summed E-state index contributed by atoms with van der Waals surface area (Å²) < 4.78 is 15.5. The highest BCUT2D eigenvalue weighted by atomic mass is 16.7. The van der Waals surface area contributed by atoms with E-state index in [0.717, 1.165) is 16.9 Å². The zero-order chi connectivity index (χ0) is 13.3. The Kier molecular flexibility index (Phi) is 3.43. The number of esters is 1. The van der Waals surface area contributed by atoms with Crippen molar-refractivity contribution in [2.75, 3.05) is 28.0 Å². The molecule has 1 heterocycles. The molecule has 0 aliphatic carbocycles. The largest absolute Gasteiger partial charge is 0.468 e. The van der Waals surface area contributed by atoms with Gasteiger partial charge in [0.2, 0.25) is 6.79 Å². The van der Waals surface area contributed by atoms with Gasteiger partial charge in [0.1, 0.15) is 6.04 Å². The summed E-state index contributed by atoms with van der Waals surface area (Å²) in [5.74, 6) is 1.10. The van der Waals surface area contributed by atoms with E-state index in [2.05, 4.69) is 0 Å².